The molecule has 0 bridgehead atoms. The molecule has 0 aromatic carbocycles. The zero-order valence-electron chi connectivity index (χ0n) is 14.3. The molecular weight excluding hydrogens is 416 g/mol. The van der Waals surface area contributed by atoms with E-state index in [4.69, 9.17) is 21.7 Å². The maximum Gasteiger partial charge on any atom is 0.344 e. The molecule has 1 saturated heterocycles. The third kappa shape index (κ3) is 5.14. The van der Waals surface area contributed by atoms with Gasteiger partial charge in [-0.3, -0.25) is 19.2 Å². The van der Waals surface area contributed by atoms with Crippen molar-refractivity contribution in [2.45, 2.75) is 12.1 Å². The SMILES string of the molecule is NC(=O)[C@H]1[C@H](NC(=O)/C(=N\OCC(=O)O)c2csc(N)n2)C(=O)N1OCC(=O)O. The van der Waals surface area contributed by atoms with Gasteiger partial charge in [-0.1, -0.05) is 5.16 Å². The molecule has 0 saturated carbocycles. The van der Waals surface area contributed by atoms with Gasteiger partial charge in [-0.2, -0.15) is 0 Å². The summed E-state index contributed by atoms with van der Waals surface area (Å²) in [7, 11) is 0. The predicted octanol–water partition coefficient (Wildman–Crippen LogP) is -3.27. The fourth-order valence-corrected chi connectivity index (χ4v) is 2.66. The van der Waals surface area contributed by atoms with Gasteiger partial charge >= 0.3 is 11.9 Å². The van der Waals surface area contributed by atoms with Crippen molar-refractivity contribution in [3.63, 3.8) is 0 Å². The van der Waals surface area contributed by atoms with Crippen LogP contribution >= 0.6 is 11.3 Å². The largest absolute Gasteiger partial charge is 0.479 e. The number of hydrogen-bond acceptors (Lipinski definition) is 11. The van der Waals surface area contributed by atoms with E-state index in [1.165, 1.54) is 5.38 Å². The topological polar surface area (TPSA) is 237 Å². The molecule has 2 rings (SSSR count). The van der Waals surface area contributed by atoms with Crippen LogP contribution in [-0.2, 0) is 33.6 Å². The lowest BCUT2D eigenvalue weighted by molar-refractivity contribution is -0.234. The summed E-state index contributed by atoms with van der Waals surface area (Å²) in [5.74, 6) is -5.82. The van der Waals surface area contributed by atoms with Crippen molar-refractivity contribution in [3.8, 4) is 0 Å². The van der Waals surface area contributed by atoms with Crippen LogP contribution in [0.2, 0.25) is 0 Å². The van der Waals surface area contributed by atoms with Crippen molar-refractivity contribution in [1.29, 1.82) is 0 Å². The van der Waals surface area contributed by atoms with Crippen molar-refractivity contribution in [1.82, 2.24) is 15.4 Å². The minimum Gasteiger partial charge on any atom is -0.479 e. The average molecular weight is 430 g/mol. The summed E-state index contributed by atoms with van der Waals surface area (Å²) >= 11 is 0.953. The number of carboxylic acids is 2. The molecule has 2 heterocycles. The molecule has 1 aliphatic heterocycles. The van der Waals surface area contributed by atoms with Crippen molar-refractivity contribution in [3.05, 3.63) is 11.1 Å². The van der Waals surface area contributed by atoms with Gasteiger partial charge in [0, 0.05) is 5.38 Å². The standard InChI is InChI=1S/C13H14N6O9S/c14-10(24)9-8(12(26)19(9)28-2-6(22)23)17-11(25)7(18-27-1-5(20)21)4-3-29-13(15)16-4/h3,8-9H,1-2H2,(H2,14,24)(H2,15,16)(H,17,25)(H,20,21)(H,22,23)/b18-7-/t8-,9+/m0/s1. The highest BCUT2D eigenvalue weighted by Crippen LogP contribution is 2.21. The second-order valence-corrected chi connectivity index (χ2v) is 6.20. The van der Waals surface area contributed by atoms with E-state index in [2.05, 4.69) is 25.1 Å². The molecule has 0 spiro atoms. The zero-order chi connectivity index (χ0) is 21.7. The molecule has 1 aromatic rings. The first-order chi connectivity index (χ1) is 13.6. The number of carbonyl (C=O) groups is 5. The molecule has 0 radical (unpaired) electrons. The molecular formula is C13H14N6O9S. The Kier molecular flexibility index (Phi) is 6.63. The number of amides is 3. The van der Waals surface area contributed by atoms with Crippen LogP contribution in [0.15, 0.2) is 10.5 Å². The molecule has 1 aliphatic rings. The maximum atomic E-state index is 12.5. The first kappa shape index (κ1) is 21.5. The Morgan fingerprint density at radius 3 is 2.45 bits per heavy atom. The number of nitrogens with two attached hydrogens (primary N) is 2. The number of rotatable bonds is 10. The minimum absolute atomic E-state index is 0.0710. The number of hydroxylamine groups is 2. The normalized spacial score (nSPS) is 18.7. The Labute approximate surface area is 164 Å². The number of primary amides is 1. The number of nitrogen functional groups attached to an aromatic ring is 1. The Morgan fingerprint density at radius 1 is 1.28 bits per heavy atom. The monoisotopic (exact) mass is 430 g/mol. The molecule has 1 fully saturated rings. The number of carbonyl (C=O) groups excluding carboxylic acids is 3. The van der Waals surface area contributed by atoms with Gasteiger partial charge in [0.05, 0.1) is 0 Å². The second-order valence-electron chi connectivity index (χ2n) is 5.31. The molecule has 3 amide bonds. The van der Waals surface area contributed by atoms with Gasteiger partial charge in [0.25, 0.3) is 11.8 Å². The summed E-state index contributed by atoms with van der Waals surface area (Å²) in [6.07, 6.45) is 0. The molecule has 29 heavy (non-hydrogen) atoms. The Hall–Kier alpha value is -3.79. The van der Waals surface area contributed by atoms with Gasteiger partial charge in [0.15, 0.2) is 23.5 Å². The van der Waals surface area contributed by atoms with E-state index in [1.807, 2.05) is 0 Å². The highest BCUT2D eigenvalue weighted by Gasteiger charge is 2.53. The molecule has 2 atom stereocenters. The van der Waals surface area contributed by atoms with Crippen molar-refractivity contribution < 1.29 is 43.9 Å². The van der Waals surface area contributed by atoms with Crippen LogP contribution < -0.4 is 16.8 Å². The Balaban J connectivity index is 2.17. The molecule has 7 N–H and O–H groups in total. The number of nitrogens with zero attached hydrogens (tertiary/aromatic N) is 3. The van der Waals surface area contributed by atoms with Crippen LogP contribution in [0.4, 0.5) is 5.13 Å². The lowest BCUT2D eigenvalue weighted by Crippen LogP contribution is -2.74. The maximum absolute atomic E-state index is 12.5. The third-order valence-electron chi connectivity index (χ3n) is 3.28. The molecule has 0 aliphatic carbocycles. The van der Waals surface area contributed by atoms with Crippen molar-refractivity contribution in [2.24, 2.45) is 10.9 Å². The molecule has 1 aromatic heterocycles. The van der Waals surface area contributed by atoms with E-state index in [0.29, 0.717) is 5.06 Å². The lowest BCUT2D eigenvalue weighted by atomic mass is 9.97. The van der Waals surface area contributed by atoms with E-state index in [1.54, 1.807) is 0 Å². The number of aromatic nitrogens is 1. The van der Waals surface area contributed by atoms with Crippen LogP contribution in [0.5, 0.6) is 0 Å². The first-order valence-corrected chi connectivity index (χ1v) is 8.40. The van der Waals surface area contributed by atoms with Gasteiger partial charge in [-0.25, -0.2) is 19.6 Å². The highest BCUT2D eigenvalue weighted by molar-refractivity contribution is 7.13. The molecule has 15 nitrogen and oxygen atoms in total. The van der Waals surface area contributed by atoms with E-state index in [-0.39, 0.29) is 10.8 Å². The second kappa shape index (κ2) is 8.93. The van der Waals surface area contributed by atoms with E-state index in [9.17, 15) is 24.0 Å². The van der Waals surface area contributed by atoms with Gasteiger partial charge < -0.3 is 31.8 Å². The number of aliphatic carboxylic acids is 2. The molecule has 156 valence electrons. The van der Waals surface area contributed by atoms with Gasteiger partial charge in [-0.15, -0.1) is 11.3 Å². The number of hydrogen-bond donors (Lipinski definition) is 5. The number of carboxylic acid groups (broad SMARTS) is 2. The van der Waals surface area contributed by atoms with Gasteiger partial charge in [0.1, 0.15) is 11.7 Å². The van der Waals surface area contributed by atoms with Crippen LogP contribution in [0.1, 0.15) is 5.69 Å². The van der Waals surface area contributed by atoms with Gasteiger partial charge in [0.2, 0.25) is 12.5 Å². The Bertz CT molecular complexity index is 884. The number of anilines is 1. The van der Waals surface area contributed by atoms with E-state index < -0.39 is 60.7 Å². The number of thiazole rings is 1. The van der Waals surface area contributed by atoms with Crippen molar-refractivity contribution >= 4 is 51.8 Å². The summed E-state index contributed by atoms with van der Waals surface area (Å²) in [6, 6.07) is -2.96. The summed E-state index contributed by atoms with van der Waals surface area (Å²) < 4.78 is 0. The van der Waals surface area contributed by atoms with E-state index >= 15 is 0 Å². The number of oxime groups is 1. The smallest absolute Gasteiger partial charge is 0.344 e. The molecule has 0 unspecified atom stereocenters. The predicted molar refractivity (Wildman–Crippen MR) is 92.0 cm³/mol. The third-order valence-corrected chi connectivity index (χ3v) is 3.95. The lowest BCUT2D eigenvalue weighted by Gasteiger charge is -2.43. The fourth-order valence-electron chi connectivity index (χ4n) is 2.11. The average Bonchev–Trinajstić information content (AvgIpc) is 3.05. The van der Waals surface area contributed by atoms with Crippen LogP contribution in [0.3, 0.4) is 0 Å². The van der Waals surface area contributed by atoms with Crippen LogP contribution in [-0.4, -0.2) is 80.9 Å². The molecule has 16 heteroatoms. The summed E-state index contributed by atoms with van der Waals surface area (Å²) in [6.45, 7) is -1.77. The zero-order valence-corrected chi connectivity index (χ0v) is 15.1. The summed E-state index contributed by atoms with van der Waals surface area (Å²) in [4.78, 5) is 70.3. The van der Waals surface area contributed by atoms with Gasteiger partial charge in [-0.05, 0) is 0 Å². The van der Waals surface area contributed by atoms with E-state index in [0.717, 1.165) is 11.3 Å². The summed E-state index contributed by atoms with van der Waals surface area (Å²) in [5.41, 5.74) is 10.1. The minimum atomic E-state index is -1.48. The first-order valence-electron chi connectivity index (χ1n) is 7.53. The fraction of sp³-hybridized carbons (Fsp3) is 0.308. The van der Waals surface area contributed by atoms with Crippen LogP contribution in [0, 0.1) is 0 Å². The van der Waals surface area contributed by atoms with Crippen LogP contribution in [0.25, 0.3) is 0 Å². The number of β-lactam (4-membered cyclic amide) rings is 1. The quantitative estimate of drug-likeness (QED) is 0.140. The Morgan fingerprint density at radius 2 is 1.93 bits per heavy atom. The van der Waals surface area contributed by atoms with Crippen molar-refractivity contribution in [2.75, 3.05) is 18.9 Å². The highest BCUT2D eigenvalue weighted by atomic mass is 32.1. The number of nitrogens with one attached hydrogen (secondary N) is 1. The summed E-state index contributed by atoms with van der Waals surface area (Å²) in [5, 5.41) is 24.6.